The number of carbonyl (C=O) groups excluding carboxylic acids is 1. The maximum absolute atomic E-state index is 14.5. The van der Waals surface area contributed by atoms with Crippen LogP contribution in [0.3, 0.4) is 0 Å². The predicted octanol–water partition coefficient (Wildman–Crippen LogP) is 3.36. The lowest BCUT2D eigenvalue weighted by molar-refractivity contribution is 0.103. The van der Waals surface area contributed by atoms with Gasteiger partial charge in [-0.2, -0.15) is 5.10 Å². The van der Waals surface area contributed by atoms with E-state index in [4.69, 9.17) is 0 Å². The van der Waals surface area contributed by atoms with Gasteiger partial charge < -0.3 is 5.11 Å². The molecule has 3 rings (SSSR count). The van der Waals surface area contributed by atoms with Crippen molar-refractivity contribution >= 4 is 15.6 Å². The Hall–Kier alpha value is -3.00. The molecule has 8 heteroatoms. The number of ketones is 1. The molecule has 1 heterocycles. The monoisotopic (exact) mass is 402 g/mol. The molecule has 1 aromatic heterocycles. The smallest absolute Gasteiger partial charge is 0.220 e. The van der Waals surface area contributed by atoms with E-state index in [1.807, 2.05) is 0 Å². The van der Waals surface area contributed by atoms with Crippen LogP contribution < -0.4 is 0 Å². The summed E-state index contributed by atoms with van der Waals surface area (Å²) < 4.78 is 40.3. The van der Waals surface area contributed by atoms with Gasteiger partial charge in [-0.3, -0.25) is 4.79 Å². The Morgan fingerprint density at radius 3 is 2.43 bits per heavy atom. The number of sulfone groups is 1. The van der Waals surface area contributed by atoms with Crippen LogP contribution in [-0.4, -0.2) is 35.3 Å². The molecule has 0 saturated carbocycles. The number of carbonyl (C=O) groups is 1. The highest BCUT2D eigenvalue weighted by atomic mass is 32.2. The van der Waals surface area contributed by atoms with Crippen LogP contribution in [-0.2, 0) is 16.4 Å². The zero-order chi connectivity index (χ0) is 20.6. The molecule has 0 fully saturated rings. The lowest BCUT2D eigenvalue weighted by Gasteiger charge is -2.16. The third-order valence-corrected chi connectivity index (χ3v) is 5.71. The molecule has 0 atom stereocenters. The molecular weight excluding hydrogens is 383 g/mol. The van der Waals surface area contributed by atoms with Crippen LogP contribution in [0.1, 0.15) is 28.4 Å². The van der Waals surface area contributed by atoms with Crippen molar-refractivity contribution in [3.63, 3.8) is 0 Å². The van der Waals surface area contributed by atoms with Crippen LogP contribution in [0.15, 0.2) is 47.5 Å². The average Bonchev–Trinajstić information content (AvgIpc) is 3.01. The van der Waals surface area contributed by atoms with Gasteiger partial charge in [0.15, 0.2) is 15.6 Å². The summed E-state index contributed by atoms with van der Waals surface area (Å²) in [7, 11) is -3.68. The zero-order valence-corrected chi connectivity index (χ0v) is 16.4. The van der Waals surface area contributed by atoms with Crippen molar-refractivity contribution in [3.8, 4) is 17.0 Å². The Kier molecular flexibility index (Phi) is 5.08. The number of halogens is 1. The van der Waals surface area contributed by atoms with E-state index in [0.717, 1.165) is 6.26 Å². The topological polar surface area (TPSA) is 89.3 Å². The average molecular weight is 402 g/mol. The Morgan fingerprint density at radius 1 is 1.18 bits per heavy atom. The molecule has 0 unspecified atom stereocenters. The molecule has 0 aliphatic heterocycles. The van der Waals surface area contributed by atoms with Gasteiger partial charge in [0.1, 0.15) is 11.4 Å². The number of aromatic hydroxyl groups is 1. The number of aromatic nitrogens is 2. The first-order chi connectivity index (χ1) is 13.2. The van der Waals surface area contributed by atoms with Crippen LogP contribution >= 0.6 is 0 Å². The Bertz CT molecular complexity index is 1180. The molecule has 3 aromatic rings. The predicted molar refractivity (Wildman–Crippen MR) is 103 cm³/mol. The van der Waals surface area contributed by atoms with Crippen LogP contribution in [0.25, 0.3) is 11.1 Å². The SMILES string of the molecule is CCn1ncc(C(=O)c2ccc(S(C)(=O)=O)c(-c3ccccc3F)c2C)c1O. The van der Waals surface area contributed by atoms with E-state index in [2.05, 4.69) is 5.10 Å². The van der Waals surface area contributed by atoms with Crippen molar-refractivity contribution in [2.24, 2.45) is 0 Å². The van der Waals surface area contributed by atoms with E-state index >= 15 is 0 Å². The summed E-state index contributed by atoms with van der Waals surface area (Å²) >= 11 is 0. The molecule has 146 valence electrons. The van der Waals surface area contributed by atoms with E-state index in [-0.39, 0.29) is 33.0 Å². The standard InChI is InChI=1S/C20H19FN2O4S/c1-4-23-20(25)15(11-22-23)19(24)13-9-10-17(28(3,26)27)18(12(13)2)14-7-5-6-8-16(14)21/h5-11,25H,4H2,1-3H3. The largest absolute Gasteiger partial charge is 0.493 e. The van der Waals surface area contributed by atoms with E-state index in [1.165, 1.54) is 41.2 Å². The third-order valence-electron chi connectivity index (χ3n) is 4.57. The van der Waals surface area contributed by atoms with Gasteiger partial charge in [0.05, 0.1) is 11.1 Å². The molecular formula is C20H19FN2O4S. The van der Waals surface area contributed by atoms with Gasteiger partial charge in [0.25, 0.3) is 0 Å². The molecule has 0 aliphatic rings. The van der Waals surface area contributed by atoms with Crippen molar-refractivity contribution in [1.82, 2.24) is 9.78 Å². The lowest BCUT2D eigenvalue weighted by atomic mass is 9.92. The molecule has 0 aliphatic carbocycles. The summed E-state index contributed by atoms with van der Waals surface area (Å²) in [6.45, 7) is 3.71. The number of hydrogen-bond acceptors (Lipinski definition) is 5. The first-order valence-electron chi connectivity index (χ1n) is 8.54. The van der Waals surface area contributed by atoms with E-state index in [1.54, 1.807) is 19.9 Å². The Balaban J connectivity index is 2.28. The van der Waals surface area contributed by atoms with Crippen LogP contribution in [0.5, 0.6) is 5.88 Å². The highest BCUT2D eigenvalue weighted by Crippen LogP contribution is 2.35. The maximum Gasteiger partial charge on any atom is 0.220 e. The molecule has 6 nitrogen and oxygen atoms in total. The minimum Gasteiger partial charge on any atom is -0.493 e. The van der Waals surface area contributed by atoms with Gasteiger partial charge in [0, 0.05) is 29.5 Å². The number of benzene rings is 2. The molecule has 2 aromatic carbocycles. The molecule has 0 saturated heterocycles. The van der Waals surface area contributed by atoms with Crippen molar-refractivity contribution < 1.29 is 22.7 Å². The minimum absolute atomic E-state index is 0.00320. The van der Waals surface area contributed by atoms with Crippen LogP contribution in [0.4, 0.5) is 4.39 Å². The summed E-state index contributed by atoms with van der Waals surface area (Å²) in [5.41, 5.74) is 0.687. The van der Waals surface area contributed by atoms with E-state index in [9.17, 15) is 22.7 Å². The summed E-state index contributed by atoms with van der Waals surface area (Å²) in [5.74, 6) is -1.39. The number of hydrogen-bond donors (Lipinski definition) is 1. The molecule has 28 heavy (non-hydrogen) atoms. The Labute approximate surface area is 162 Å². The number of aryl methyl sites for hydroxylation is 1. The summed E-state index contributed by atoms with van der Waals surface area (Å²) in [6, 6.07) is 8.45. The Morgan fingerprint density at radius 2 is 1.86 bits per heavy atom. The van der Waals surface area contributed by atoms with Crippen molar-refractivity contribution in [3.05, 3.63) is 65.1 Å². The van der Waals surface area contributed by atoms with Crippen LogP contribution in [0, 0.1) is 12.7 Å². The molecule has 0 bridgehead atoms. The van der Waals surface area contributed by atoms with Crippen molar-refractivity contribution in [1.29, 1.82) is 0 Å². The van der Waals surface area contributed by atoms with Gasteiger partial charge in [-0.05, 0) is 37.6 Å². The number of rotatable bonds is 5. The van der Waals surface area contributed by atoms with Gasteiger partial charge in [-0.1, -0.05) is 18.2 Å². The third kappa shape index (κ3) is 3.31. The quantitative estimate of drug-likeness (QED) is 0.661. The molecule has 0 amide bonds. The van der Waals surface area contributed by atoms with Crippen molar-refractivity contribution in [2.45, 2.75) is 25.3 Å². The molecule has 1 N–H and O–H groups in total. The fraction of sp³-hybridized carbons (Fsp3) is 0.200. The molecule has 0 radical (unpaired) electrons. The lowest BCUT2D eigenvalue weighted by Crippen LogP contribution is -2.09. The second kappa shape index (κ2) is 7.20. The summed E-state index contributed by atoms with van der Waals surface area (Å²) in [6.07, 6.45) is 2.29. The summed E-state index contributed by atoms with van der Waals surface area (Å²) in [4.78, 5) is 12.9. The van der Waals surface area contributed by atoms with Gasteiger partial charge in [-0.15, -0.1) is 0 Å². The fourth-order valence-electron chi connectivity index (χ4n) is 3.16. The zero-order valence-electron chi connectivity index (χ0n) is 15.6. The van der Waals surface area contributed by atoms with E-state index < -0.39 is 21.4 Å². The number of nitrogens with zero attached hydrogens (tertiary/aromatic N) is 2. The fourth-order valence-corrected chi connectivity index (χ4v) is 4.11. The normalized spacial score (nSPS) is 11.6. The highest BCUT2D eigenvalue weighted by molar-refractivity contribution is 7.90. The van der Waals surface area contributed by atoms with Gasteiger partial charge in [0.2, 0.25) is 5.88 Å². The van der Waals surface area contributed by atoms with E-state index in [0.29, 0.717) is 12.1 Å². The molecule has 0 spiro atoms. The second-order valence-corrected chi connectivity index (χ2v) is 8.37. The van der Waals surface area contributed by atoms with Gasteiger partial charge >= 0.3 is 0 Å². The summed E-state index contributed by atoms with van der Waals surface area (Å²) in [5, 5.41) is 14.1. The van der Waals surface area contributed by atoms with Crippen molar-refractivity contribution in [2.75, 3.05) is 6.26 Å². The highest BCUT2D eigenvalue weighted by Gasteiger charge is 2.25. The van der Waals surface area contributed by atoms with Gasteiger partial charge in [-0.25, -0.2) is 17.5 Å². The minimum atomic E-state index is -3.68. The first kappa shape index (κ1) is 19.8. The van der Waals surface area contributed by atoms with Crippen LogP contribution in [0.2, 0.25) is 0 Å². The maximum atomic E-state index is 14.5. The first-order valence-corrected chi connectivity index (χ1v) is 10.4. The second-order valence-electron chi connectivity index (χ2n) is 6.39.